The summed E-state index contributed by atoms with van der Waals surface area (Å²) in [5.74, 6) is -3.68. The van der Waals surface area contributed by atoms with Crippen LogP contribution in [0.4, 0.5) is 4.79 Å². The van der Waals surface area contributed by atoms with E-state index in [4.69, 9.17) is 0 Å². The summed E-state index contributed by atoms with van der Waals surface area (Å²) in [5.41, 5.74) is 1.39. The van der Waals surface area contributed by atoms with Gasteiger partial charge in [0.1, 0.15) is 12.1 Å². The summed E-state index contributed by atoms with van der Waals surface area (Å²) in [6.07, 6.45) is -0.00306. The summed E-state index contributed by atoms with van der Waals surface area (Å²) < 4.78 is 13.6. The summed E-state index contributed by atoms with van der Waals surface area (Å²) in [4.78, 5) is 55.3. The molecule has 0 radical (unpaired) electrons. The Morgan fingerprint density at radius 1 is 0.892 bits per heavy atom. The number of benzene rings is 2. The van der Waals surface area contributed by atoms with Crippen LogP contribution >= 0.6 is 0 Å². The monoisotopic (exact) mass is 508 g/mol. The number of aromatic hydroxyl groups is 1. The minimum Gasteiger partial charge on any atom is -0.493 e. The predicted molar refractivity (Wildman–Crippen MR) is 127 cm³/mol. The molecular weight excluding hydrogens is 484 g/mol. The van der Waals surface area contributed by atoms with Gasteiger partial charge in [0.05, 0.1) is 12.6 Å². The minimum atomic E-state index is -1.01. The SMILES string of the molecule is CCOC(=O)OCOC(=O)CNC(=O)c1ncc(C(=O)NC(c2ccccc2)c2ccccc2)c(O)n1. The lowest BCUT2D eigenvalue weighted by atomic mass is 9.98. The second kappa shape index (κ2) is 13.2. The number of carbonyl (C=O) groups excluding carboxylic acids is 4. The molecule has 0 saturated heterocycles. The molecule has 12 heteroatoms. The first-order valence-corrected chi connectivity index (χ1v) is 11.1. The van der Waals surface area contributed by atoms with Gasteiger partial charge in [-0.25, -0.2) is 9.78 Å². The number of carbonyl (C=O) groups is 4. The van der Waals surface area contributed by atoms with Crippen LogP contribution in [0.1, 0.15) is 45.1 Å². The first kappa shape index (κ1) is 26.6. The molecule has 0 unspecified atom stereocenters. The highest BCUT2D eigenvalue weighted by Crippen LogP contribution is 2.23. The molecule has 0 bridgehead atoms. The van der Waals surface area contributed by atoms with Crippen LogP contribution in [0.5, 0.6) is 5.88 Å². The lowest BCUT2D eigenvalue weighted by Gasteiger charge is -2.20. The minimum absolute atomic E-state index is 0.0940. The van der Waals surface area contributed by atoms with Crippen molar-refractivity contribution < 1.29 is 38.5 Å². The molecule has 3 aromatic rings. The molecule has 2 amide bonds. The van der Waals surface area contributed by atoms with E-state index in [-0.39, 0.29) is 12.2 Å². The van der Waals surface area contributed by atoms with Gasteiger partial charge < -0.3 is 30.0 Å². The molecule has 0 aliphatic carbocycles. The van der Waals surface area contributed by atoms with Gasteiger partial charge in [-0.15, -0.1) is 0 Å². The normalized spacial score (nSPS) is 10.3. The van der Waals surface area contributed by atoms with Crippen LogP contribution in [0.3, 0.4) is 0 Å². The Kier molecular flexibility index (Phi) is 9.48. The number of esters is 1. The number of aromatic nitrogens is 2. The van der Waals surface area contributed by atoms with Crippen molar-refractivity contribution in [2.45, 2.75) is 13.0 Å². The summed E-state index contributed by atoms with van der Waals surface area (Å²) in [5, 5.41) is 15.3. The standard InChI is InChI=1S/C25H24N4O8/c1-2-35-25(34)37-15-36-19(30)14-27-24(33)21-26-13-18(23(32)29-21)22(31)28-20(16-9-5-3-6-10-16)17-11-7-4-8-12-17/h3-13,20H,2,14-15H2,1H3,(H,27,33)(H,28,31)(H,26,29,32). The average Bonchev–Trinajstić information content (AvgIpc) is 2.91. The zero-order chi connectivity index (χ0) is 26.6. The fraction of sp³-hybridized carbons (Fsp3) is 0.200. The lowest BCUT2D eigenvalue weighted by molar-refractivity contribution is -0.151. The molecule has 192 valence electrons. The first-order valence-electron chi connectivity index (χ1n) is 11.1. The summed E-state index contributed by atoms with van der Waals surface area (Å²) in [6, 6.07) is 18.0. The van der Waals surface area contributed by atoms with E-state index in [0.717, 1.165) is 17.3 Å². The summed E-state index contributed by atoms with van der Waals surface area (Å²) in [6.45, 7) is 0.388. The number of ether oxygens (including phenoxy) is 3. The molecule has 2 aromatic carbocycles. The van der Waals surface area contributed by atoms with Gasteiger partial charge in [-0.05, 0) is 18.1 Å². The van der Waals surface area contributed by atoms with E-state index in [1.807, 2.05) is 60.7 Å². The van der Waals surface area contributed by atoms with Crippen molar-refractivity contribution in [1.29, 1.82) is 0 Å². The Morgan fingerprint density at radius 3 is 2.08 bits per heavy atom. The molecule has 12 nitrogen and oxygen atoms in total. The van der Waals surface area contributed by atoms with E-state index >= 15 is 0 Å². The van der Waals surface area contributed by atoms with Crippen LogP contribution in [-0.2, 0) is 19.0 Å². The quantitative estimate of drug-likeness (QED) is 0.273. The molecule has 0 aliphatic rings. The molecule has 0 spiro atoms. The van der Waals surface area contributed by atoms with Crippen LogP contribution in [0, 0.1) is 0 Å². The maximum atomic E-state index is 13.0. The Morgan fingerprint density at radius 2 is 1.51 bits per heavy atom. The van der Waals surface area contributed by atoms with Crippen LogP contribution < -0.4 is 10.6 Å². The Hall–Kier alpha value is -5.00. The van der Waals surface area contributed by atoms with Crippen LogP contribution in [0.25, 0.3) is 0 Å². The number of hydrogen-bond donors (Lipinski definition) is 3. The topological polar surface area (TPSA) is 166 Å². The van der Waals surface area contributed by atoms with Gasteiger partial charge in [-0.3, -0.25) is 14.4 Å². The van der Waals surface area contributed by atoms with Gasteiger partial charge in [0.25, 0.3) is 11.8 Å². The maximum Gasteiger partial charge on any atom is 0.511 e. The maximum absolute atomic E-state index is 13.0. The molecule has 1 heterocycles. The third-order valence-electron chi connectivity index (χ3n) is 4.81. The molecule has 3 rings (SSSR count). The van der Waals surface area contributed by atoms with E-state index in [1.165, 1.54) is 0 Å². The van der Waals surface area contributed by atoms with Crippen molar-refractivity contribution in [3.05, 3.63) is 89.4 Å². The van der Waals surface area contributed by atoms with E-state index in [0.29, 0.717) is 0 Å². The van der Waals surface area contributed by atoms with Gasteiger partial charge in [0.15, 0.2) is 0 Å². The summed E-state index contributed by atoms with van der Waals surface area (Å²) >= 11 is 0. The van der Waals surface area contributed by atoms with Crippen molar-refractivity contribution in [3.63, 3.8) is 0 Å². The highest BCUT2D eigenvalue weighted by Gasteiger charge is 2.22. The van der Waals surface area contributed by atoms with Crippen LogP contribution in [0.15, 0.2) is 66.9 Å². The predicted octanol–water partition coefficient (Wildman–Crippen LogP) is 2.11. The van der Waals surface area contributed by atoms with Gasteiger partial charge >= 0.3 is 12.1 Å². The lowest BCUT2D eigenvalue weighted by Crippen LogP contribution is -2.33. The second-order valence-corrected chi connectivity index (χ2v) is 7.30. The fourth-order valence-electron chi connectivity index (χ4n) is 3.09. The largest absolute Gasteiger partial charge is 0.511 e. The molecule has 0 atom stereocenters. The highest BCUT2D eigenvalue weighted by atomic mass is 16.8. The van der Waals surface area contributed by atoms with E-state index in [9.17, 15) is 24.3 Å². The third-order valence-corrected chi connectivity index (χ3v) is 4.81. The van der Waals surface area contributed by atoms with E-state index in [1.54, 1.807) is 6.92 Å². The van der Waals surface area contributed by atoms with Crippen molar-refractivity contribution in [2.75, 3.05) is 19.9 Å². The number of hydrogen-bond acceptors (Lipinski definition) is 10. The molecular formula is C25H24N4O8. The van der Waals surface area contributed by atoms with Crippen molar-refractivity contribution in [1.82, 2.24) is 20.6 Å². The zero-order valence-electron chi connectivity index (χ0n) is 19.7. The van der Waals surface area contributed by atoms with Gasteiger partial charge in [0, 0.05) is 6.20 Å². The number of amides is 2. The van der Waals surface area contributed by atoms with Crippen LogP contribution in [0.2, 0.25) is 0 Å². The van der Waals surface area contributed by atoms with Crippen LogP contribution in [-0.4, -0.2) is 59.0 Å². The molecule has 3 N–H and O–H groups in total. The smallest absolute Gasteiger partial charge is 0.493 e. The van der Waals surface area contributed by atoms with Gasteiger partial charge in [-0.2, -0.15) is 4.98 Å². The molecule has 0 fully saturated rings. The Labute approximate surface area is 211 Å². The van der Waals surface area contributed by atoms with Gasteiger partial charge in [-0.1, -0.05) is 60.7 Å². The van der Waals surface area contributed by atoms with Crippen molar-refractivity contribution >= 4 is 23.9 Å². The zero-order valence-corrected chi connectivity index (χ0v) is 19.7. The Balaban J connectivity index is 1.61. The number of nitrogens with zero attached hydrogens (tertiary/aromatic N) is 2. The average molecular weight is 508 g/mol. The molecule has 0 saturated carbocycles. The second-order valence-electron chi connectivity index (χ2n) is 7.30. The number of nitrogens with one attached hydrogen (secondary N) is 2. The summed E-state index contributed by atoms with van der Waals surface area (Å²) in [7, 11) is 0. The molecule has 1 aromatic heterocycles. The van der Waals surface area contributed by atoms with E-state index in [2.05, 4.69) is 34.8 Å². The molecule has 0 aliphatic heterocycles. The fourth-order valence-corrected chi connectivity index (χ4v) is 3.09. The van der Waals surface area contributed by atoms with E-state index < -0.39 is 55.0 Å². The van der Waals surface area contributed by atoms with Gasteiger partial charge in [0.2, 0.25) is 18.5 Å². The third kappa shape index (κ3) is 7.75. The number of rotatable bonds is 10. The first-order chi connectivity index (χ1) is 17.9. The molecule has 37 heavy (non-hydrogen) atoms. The Bertz CT molecular complexity index is 1200. The van der Waals surface area contributed by atoms with Crippen molar-refractivity contribution in [2.24, 2.45) is 0 Å². The van der Waals surface area contributed by atoms with Crippen molar-refractivity contribution in [3.8, 4) is 5.88 Å². The highest BCUT2D eigenvalue weighted by molar-refractivity contribution is 5.98.